The molecule has 29 heavy (non-hydrogen) atoms. The average Bonchev–Trinajstić information content (AvgIpc) is 2.72. The van der Waals surface area contributed by atoms with Crippen molar-refractivity contribution < 1.29 is 9.84 Å². The number of halogens is 3. The highest BCUT2D eigenvalue weighted by Gasteiger charge is 2.38. The second-order valence-corrected chi connectivity index (χ2v) is 8.89. The van der Waals surface area contributed by atoms with Crippen LogP contribution in [0.5, 0.6) is 0 Å². The molecule has 0 saturated carbocycles. The van der Waals surface area contributed by atoms with E-state index in [0.717, 1.165) is 28.0 Å². The summed E-state index contributed by atoms with van der Waals surface area (Å²) in [6, 6.07) is 15.5. The summed E-state index contributed by atoms with van der Waals surface area (Å²) in [5.74, 6) is -0.159. The van der Waals surface area contributed by atoms with Crippen LogP contribution in [-0.4, -0.2) is 30.4 Å². The molecule has 154 valence electrons. The number of nitrogens with one attached hydrogen (secondary N) is 1. The molecule has 0 bridgehead atoms. The lowest BCUT2D eigenvalue weighted by Gasteiger charge is -2.38. The van der Waals surface area contributed by atoms with E-state index >= 15 is 0 Å². The smallest absolute Gasteiger partial charge is 0.108 e. The zero-order valence-electron chi connectivity index (χ0n) is 16.0. The summed E-state index contributed by atoms with van der Waals surface area (Å²) >= 11 is 15.5. The Bertz CT molecular complexity index is 869. The van der Waals surface area contributed by atoms with Gasteiger partial charge in [-0.3, -0.25) is 0 Å². The van der Waals surface area contributed by atoms with Crippen molar-refractivity contribution >= 4 is 39.1 Å². The molecule has 0 aliphatic heterocycles. The molecule has 0 aromatic heterocycles. The minimum atomic E-state index is -0.639. The van der Waals surface area contributed by atoms with Crippen molar-refractivity contribution in [2.75, 3.05) is 19.7 Å². The molecule has 0 fully saturated rings. The second kappa shape index (κ2) is 10.8. The Morgan fingerprint density at radius 3 is 2.59 bits per heavy atom. The van der Waals surface area contributed by atoms with Gasteiger partial charge in [-0.05, 0) is 60.5 Å². The van der Waals surface area contributed by atoms with Gasteiger partial charge in [0.2, 0.25) is 0 Å². The summed E-state index contributed by atoms with van der Waals surface area (Å²) in [4.78, 5) is 0. The van der Waals surface area contributed by atoms with Gasteiger partial charge in [-0.15, -0.1) is 0 Å². The lowest BCUT2D eigenvalue weighted by atomic mass is 9.83. The first kappa shape index (κ1) is 22.5. The molecule has 3 nitrogen and oxygen atoms in total. The van der Waals surface area contributed by atoms with Crippen molar-refractivity contribution in [1.82, 2.24) is 5.32 Å². The first-order valence-corrected chi connectivity index (χ1v) is 11.1. The van der Waals surface area contributed by atoms with E-state index in [4.69, 9.17) is 27.9 Å². The van der Waals surface area contributed by atoms with E-state index in [1.807, 2.05) is 60.7 Å². The summed E-state index contributed by atoms with van der Waals surface area (Å²) in [7, 11) is 0. The predicted molar refractivity (Wildman–Crippen MR) is 124 cm³/mol. The topological polar surface area (TPSA) is 41.5 Å². The third kappa shape index (κ3) is 6.42. The van der Waals surface area contributed by atoms with Crippen molar-refractivity contribution in [1.29, 1.82) is 0 Å². The number of aliphatic hydroxyl groups is 1. The van der Waals surface area contributed by atoms with Crippen LogP contribution in [-0.2, 0) is 17.8 Å². The van der Waals surface area contributed by atoms with E-state index in [1.54, 1.807) is 0 Å². The normalized spacial score (nSPS) is 21.2. The van der Waals surface area contributed by atoms with Gasteiger partial charge in [0.15, 0.2) is 0 Å². The van der Waals surface area contributed by atoms with Gasteiger partial charge in [0.05, 0.1) is 13.2 Å². The van der Waals surface area contributed by atoms with Crippen LogP contribution in [0.1, 0.15) is 11.1 Å². The Morgan fingerprint density at radius 1 is 1.07 bits per heavy atom. The molecule has 2 atom stereocenters. The summed E-state index contributed by atoms with van der Waals surface area (Å²) in [5, 5.41) is 14.9. The quantitative estimate of drug-likeness (QED) is 0.448. The summed E-state index contributed by atoms with van der Waals surface area (Å²) in [6.45, 7) is 1.79. The van der Waals surface area contributed by atoms with Crippen LogP contribution in [0.15, 0.2) is 71.2 Å². The highest BCUT2D eigenvalue weighted by molar-refractivity contribution is 9.11. The van der Waals surface area contributed by atoms with Crippen LogP contribution in [0, 0.1) is 5.92 Å². The molecule has 0 amide bonds. The van der Waals surface area contributed by atoms with Crippen LogP contribution < -0.4 is 5.32 Å². The number of hydrogen-bond acceptors (Lipinski definition) is 3. The number of aliphatic hydroxyl groups excluding tert-OH is 1. The van der Waals surface area contributed by atoms with Gasteiger partial charge >= 0.3 is 0 Å². The van der Waals surface area contributed by atoms with Crippen molar-refractivity contribution in [3.8, 4) is 0 Å². The van der Waals surface area contributed by atoms with Crippen LogP contribution in [0.2, 0.25) is 10.0 Å². The number of ether oxygens (including phenoxy) is 1. The summed E-state index contributed by atoms with van der Waals surface area (Å²) in [5.41, 5.74) is 1.58. The van der Waals surface area contributed by atoms with E-state index < -0.39 is 5.60 Å². The maximum atomic E-state index is 10.0. The van der Waals surface area contributed by atoms with E-state index in [2.05, 4.69) is 27.3 Å². The Labute approximate surface area is 190 Å². The molecular formula is C23H24BrCl2NO2. The van der Waals surface area contributed by atoms with Gasteiger partial charge in [-0.2, -0.15) is 0 Å². The lowest BCUT2D eigenvalue weighted by Crippen LogP contribution is -2.49. The highest BCUT2D eigenvalue weighted by Crippen LogP contribution is 2.33. The number of benzene rings is 2. The van der Waals surface area contributed by atoms with Crippen LogP contribution in [0.25, 0.3) is 0 Å². The first-order chi connectivity index (χ1) is 14.0. The molecule has 1 aliphatic carbocycles. The maximum Gasteiger partial charge on any atom is 0.108 e. The Kier molecular flexibility index (Phi) is 8.36. The minimum absolute atomic E-state index is 0.00394. The molecular weight excluding hydrogens is 473 g/mol. The van der Waals surface area contributed by atoms with Gasteiger partial charge in [0.1, 0.15) is 5.60 Å². The molecule has 0 saturated heterocycles. The Hall–Kier alpha value is -1.14. The SMILES string of the molecule is OCC1C=C(Br)C=CC1(CNCCc1cccc(Cl)c1)OCc1ccc(Cl)cc1. The van der Waals surface area contributed by atoms with Crippen LogP contribution in [0.4, 0.5) is 0 Å². The van der Waals surface area contributed by atoms with Gasteiger partial charge in [0.25, 0.3) is 0 Å². The first-order valence-electron chi connectivity index (χ1n) is 9.52. The molecule has 2 aromatic carbocycles. The van der Waals surface area contributed by atoms with Gasteiger partial charge in [-0.1, -0.05) is 69.5 Å². The fraction of sp³-hybridized carbons (Fsp3) is 0.304. The van der Waals surface area contributed by atoms with Gasteiger partial charge < -0.3 is 15.2 Å². The van der Waals surface area contributed by atoms with E-state index in [1.165, 1.54) is 5.56 Å². The molecule has 2 aromatic rings. The second-order valence-electron chi connectivity index (χ2n) is 7.10. The van der Waals surface area contributed by atoms with Crippen molar-refractivity contribution in [3.63, 3.8) is 0 Å². The fourth-order valence-electron chi connectivity index (χ4n) is 3.34. The van der Waals surface area contributed by atoms with Crippen molar-refractivity contribution in [3.05, 3.63) is 92.4 Å². The molecule has 3 rings (SSSR count). The van der Waals surface area contributed by atoms with Gasteiger partial charge in [-0.25, -0.2) is 0 Å². The highest BCUT2D eigenvalue weighted by atomic mass is 79.9. The van der Waals surface area contributed by atoms with Crippen LogP contribution >= 0.6 is 39.1 Å². The van der Waals surface area contributed by atoms with E-state index in [-0.39, 0.29) is 12.5 Å². The summed E-state index contributed by atoms with van der Waals surface area (Å²) in [6.07, 6.45) is 6.87. The van der Waals surface area contributed by atoms with E-state index in [0.29, 0.717) is 18.2 Å². The molecule has 0 heterocycles. The third-order valence-corrected chi connectivity index (χ3v) is 6.03. The molecule has 6 heteroatoms. The van der Waals surface area contributed by atoms with Crippen molar-refractivity contribution in [2.24, 2.45) is 5.92 Å². The Morgan fingerprint density at radius 2 is 1.86 bits per heavy atom. The third-order valence-electron chi connectivity index (χ3n) is 5.01. The lowest BCUT2D eigenvalue weighted by molar-refractivity contribution is -0.0603. The maximum absolute atomic E-state index is 10.0. The molecule has 2 unspecified atom stereocenters. The molecule has 0 radical (unpaired) electrons. The monoisotopic (exact) mass is 495 g/mol. The largest absolute Gasteiger partial charge is 0.396 e. The number of hydrogen-bond donors (Lipinski definition) is 2. The Balaban J connectivity index is 1.65. The number of rotatable bonds is 9. The van der Waals surface area contributed by atoms with E-state index in [9.17, 15) is 5.11 Å². The van der Waals surface area contributed by atoms with Crippen molar-refractivity contribution in [2.45, 2.75) is 18.6 Å². The molecule has 0 spiro atoms. The molecule has 1 aliphatic rings. The number of allylic oxidation sites excluding steroid dienone is 2. The zero-order chi connectivity index (χ0) is 20.7. The summed E-state index contributed by atoms with van der Waals surface area (Å²) < 4.78 is 7.33. The van der Waals surface area contributed by atoms with Crippen LogP contribution in [0.3, 0.4) is 0 Å². The average molecular weight is 497 g/mol. The standard InChI is InChI=1S/C23H24BrCl2NO2/c24-20-8-10-23(19(13-20)14-28,29-15-18-4-6-21(25)7-5-18)16-27-11-9-17-2-1-3-22(26)12-17/h1-8,10,12-13,19,27-28H,9,11,14-16H2. The molecule has 2 N–H and O–H groups in total. The predicted octanol–water partition coefficient (Wildman–Crippen LogP) is 5.54. The minimum Gasteiger partial charge on any atom is -0.396 e. The zero-order valence-corrected chi connectivity index (χ0v) is 19.1. The fourth-order valence-corrected chi connectivity index (χ4v) is 4.13. The van der Waals surface area contributed by atoms with Gasteiger partial charge in [0, 0.05) is 27.0 Å².